The minimum atomic E-state index is -0.240. The van der Waals surface area contributed by atoms with E-state index in [-0.39, 0.29) is 29.7 Å². The number of carbonyl (C=O) groups is 2. The van der Waals surface area contributed by atoms with Crippen molar-refractivity contribution in [3.8, 4) is 0 Å². The Morgan fingerprint density at radius 3 is 2.68 bits per heavy atom. The fourth-order valence-corrected chi connectivity index (χ4v) is 2.82. The fourth-order valence-electron chi connectivity index (χ4n) is 2.82. The first-order valence-electron chi connectivity index (χ1n) is 8.80. The number of aryl methyl sites for hydroxylation is 1. The summed E-state index contributed by atoms with van der Waals surface area (Å²) >= 11 is 0. The number of ether oxygens (including phenoxy) is 1. The molecule has 0 radical (unpaired) electrons. The van der Waals surface area contributed by atoms with Crippen LogP contribution in [0.3, 0.4) is 0 Å². The van der Waals surface area contributed by atoms with Gasteiger partial charge in [-0.3, -0.25) is 19.3 Å². The quantitative estimate of drug-likeness (QED) is 0.689. The lowest BCUT2D eigenvalue weighted by atomic mass is 10.3. The number of hydrogen-bond acceptors (Lipinski definition) is 6. The van der Waals surface area contributed by atoms with Crippen LogP contribution in [0.1, 0.15) is 37.2 Å². The third-order valence-corrected chi connectivity index (χ3v) is 4.05. The Morgan fingerprint density at radius 1 is 1.16 bits per heavy atom. The van der Waals surface area contributed by atoms with E-state index in [1.807, 2.05) is 11.8 Å². The van der Waals surface area contributed by atoms with E-state index >= 15 is 0 Å². The summed E-state index contributed by atoms with van der Waals surface area (Å²) in [6, 6.07) is 2.87. The van der Waals surface area contributed by atoms with Crippen LogP contribution in [-0.2, 0) is 16.1 Å². The number of amides is 1. The van der Waals surface area contributed by atoms with E-state index in [1.54, 1.807) is 11.8 Å². The monoisotopic (exact) mass is 350 g/mol. The summed E-state index contributed by atoms with van der Waals surface area (Å²) < 4.78 is 6.30. The van der Waals surface area contributed by atoms with Gasteiger partial charge >= 0.3 is 5.97 Å². The second-order valence-corrected chi connectivity index (χ2v) is 6.01. The molecule has 0 unspecified atom stereocenters. The molecule has 8 heteroatoms. The lowest BCUT2D eigenvalue weighted by molar-refractivity contribution is -0.144. The van der Waals surface area contributed by atoms with Crippen LogP contribution in [0.2, 0.25) is 0 Å². The van der Waals surface area contributed by atoms with Gasteiger partial charge in [0.1, 0.15) is 5.69 Å². The highest BCUT2D eigenvalue weighted by molar-refractivity contribution is 5.92. The molecule has 1 fully saturated rings. The zero-order chi connectivity index (χ0) is 18.2. The van der Waals surface area contributed by atoms with Crippen molar-refractivity contribution in [3.63, 3.8) is 0 Å². The van der Waals surface area contributed by atoms with Crippen molar-refractivity contribution >= 4 is 11.9 Å². The number of rotatable bonds is 6. The van der Waals surface area contributed by atoms with Crippen LogP contribution in [0, 0.1) is 0 Å². The molecule has 1 aromatic heterocycles. The molecule has 25 heavy (non-hydrogen) atoms. The molecule has 0 bridgehead atoms. The highest BCUT2D eigenvalue weighted by Crippen LogP contribution is 2.07. The predicted octanol–water partition coefficient (Wildman–Crippen LogP) is 0.364. The molecule has 1 amide bonds. The van der Waals surface area contributed by atoms with Gasteiger partial charge in [-0.1, -0.05) is 6.92 Å². The van der Waals surface area contributed by atoms with Gasteiger partial charge in [-0.05, 0) is 25.8 Å². The third kappa shape index (κ3) is 5.38. The van der Waals surface area contributed by atoms with Crippen molar-refractivity contribution in [1.29, 1.82) is 0 Å². The predicted molar refractivity (Wildman–Crippen MR) is 92.4 cm³/mol. The molecule has 1 saturated heterocycles. The van der Waals surface area contributed by atoms with Gasteiger partial charge in [0.2, 0.25) is 0 Å². The largest absolute Gasteiger partial charge is 0.465 e. The summed E-state index contributed by atoms with van der Waals surface area (Å²) in [6.07, 6.45) is 1.55. The third-order valence-electron chi connectivity index (χ3n) is 4.05. The molecule has 1 aliphatic rings. The highest BCUT2D eigenvalue weighted by atomic mass is 16.5. The van der Waals surface area contributed by atoms with Crippen LogP contribution in [0.25, 0.3) is 0 Å². The Balaban J connectivity index is 2.00. The molecule has 1 aromatic rings. The maximum absolute atomic E-state index is 12.7. The molecule has 0 spiro atoms. The van der Waals surface area contributed by atoms with Gasteiger partial charge in [0.05, 0.1) is 13.2 Å². The molecule has 2 rings (SSSR count). The van der Waals surface area contributed by atoms with E-state index in [2.05, 4.69) is 5.10 Å². The molecule has 138 valence electrons. The lowest BCUT2D eigenvalue weighted by Gasteiger charge is -2.21. The standard InChI is InChI=1S/C17H26N4O4/c1-3-8-21-15(22)7-6-14(18-21)17(24)20-10-5-9-19(11-12-20)13-16(23)25-4-2/h6-7H,3-5,8-13H2,1-2H3. The van der Waals surface area contributed by atoms with Crippen molar-refractivity contribution in [2.24, 2.45) is 0 Å². The van der Waals surface area contributed by atoms with E-state index in [9.17, 15) is 14.4 Å². The Morgan fingerprint density at radius 2 is 1.96 bits per heavy atom. The van der Waals surface area contributed by atoms with Crippen molar-refractivity contribution in [1.82, 2.24) is 19.6 Å². The van der Waals surface area contributed by atoms with Crippen LogP contribution < -0.4 is 5.56 Å². The molecular formula is C17H26N4O4. The van der Waals surface area contributed by atoms with Gasteiger partial charge < -0.3 is 9.64 Å². The van der Waals surface area contributed by atoms with Gasteiger partial charge in [-0.2, -0.15) is 5.10 Å². The zero-order valence-corrected chi connectivity index (χ0v) is 14.9. The molecule has 1 aliphatic heterocycles. The molecule has 8 nitrogen and oxygen atoms in total. The number of carbonyl (C=O) groups excluding carboxylic acids is 2. The summed E-state index contributed by atoms with van der Waals surface area (Å²) in [5.41, 5.74) is 0.0850. The zero-order valence-electron chi connectivity index (χ0n) is 14.9. The van der Waals surface area contributed by atoms with Crippen LogP contribution in [0.5, 0.6) is 0 Å². The number of hydrogen-bond donors (Lipinski definition) is 0. The summed E-state index contributed by atoms with van der Waals surface area (Å²) in [6.45, 7) is 7.32. The molecule has 0 N–H and O–H groups in total. The first-order chi connectivity index (χ1) is 12.0. The minimum absolute atomic E-state index is 0.178. The SMILES string of the molecule is CCCn1nc(C(=O)N2CCCN(CC(=O)OCC)CC2)ccc1=O. The molecule has 2 heterocycles. The van der Waals surface area contributed by atoms with Crippen molar-refractivity contribution in [2.45, 2.75) is 33.2 Å². The average molecular weight is 350 g/mol. The van der Waals surface area contributed by atoms with Crippen LogP contribution in [0.4, 0.5) is 0 Å². The van der Waals surface area contributed by atoms with Crippen molar-refractivity contribution in [3.05, 3.63) is 28.2 Å². The first-order valence-corrected chi connectivity index (χ1v) is 8.80. The second-order valence-electron chi connectivity index (χ2n) is 6.01. The average Bonchev–Trinajstić information content (AvgIpc) is 2.82. The summed E-state index contributed by atoms with van der Waals surface area (Å²) in [7, 11) is 0. The maximum Gasteiger partial charge on any atom is 0.320 e. The summed E-state index contributed by atoms with van der Waals surface area (Å²) in [4.78, 5) is 39.8. The van der Waals surface area contributed by atoms with E-state index < -0.39 is 0 Å². The first kappa shape index (κ1) is 19.1. The Bertz CT molecular complexity index is 658. The highest BCUT2D eigenvalue weighted by Gasteiger charge is 2.23. The molecular weight excluding hydrogens is 324 g/mol. The summed E-state index contributed by atoms with van der Waals surface area (Å²) in [5.74, 6) is -0.418. The molecule has 0 aliphatic carbocycles. The van der Waals surface area contributed by atoms with E-state index in [0.717, 1.165) is 19.4 Å². The number of esters is 1. The fraction of sp³-hybridized carbons (Fsp3) is 0.647. The molecule has 0 saturated carbocycles. The number of aromatic nitrogens is 2. The molecule has 0 aromatic carbocycles. The Hall–Kier alpha value is -2.22. The van der Waals surface area contributed by atoms with Gasteiger partial charge in [-0.15, -0.1) is 0 Å². The van der Waals surface area contributed by atoms with Gasteiger partial charge in [0.15, 0.2) is 0 Å². The Kier molecular flexibility index (Phi) is 7.12. The topological polar surface area (TPSA) is 84.7 Å². The van der Waals surface area contributed by atoms with E-state index in [4.69, 9.17) is 4.74 Å². The second kappa shape index (κ2) is 9.31. The minimum Gasteiger partial charge on any atom is -0.465 e. The van der Waals surface area contributed by atoms with Crippen LogP contribution in [0.15, 0.2) is 16.9 Å². The van der Waals surface area contributed by atoms with Crippen LogP contribution >= 0.6 is 0 Å². The number of nitrogens with zero attached hydrogens (tertiary/aromatic N) is 4. The lowest BCUT2D eigenvalue weighted by Crippen LogP contribution is -2.38. The van der Waals surface area contributed by atoms with E-state index in [1.165, 1.54) is 16.8 Å². The van der Waals surface area contributed by atoms with Crippen molar-refractivity contribution in [2.75, 3.05) is 39.3 Å². The normalized spacial score (nSPS) is 15.7. The maximum atomic E-state index is 12.7. The van der Waals surface area contributed by atoms with E-state index in [0.29, 0.717) is 32.8 Å². The Labute approximate surface area is 147 Å². The van der Waals surface area contributed by atoms with Crippen LogP contribution in [-0.4, -0.2) is 70.8 Å². The molecule has 0 atom stereocenters. The van der Waals surface area contributed by atoms with Gasteiger partial charge in [0.25, 0.3) is 11.5 Å². The summed E-state index contributed by atoms with van der Waals surface area (Å²) in [5, 5.41) is 4.18. The van der Waals surface area contributed by atoms with Crippen molar-refractivity contribution < 1.29 is 14.3 Å². The smallest absolute Gasteiger partial charge is 0.320 e. The van der Waals surface area contributed by atoms with Gasteiger partial charge in [0, 0.05) is 38.8 Å². The van der Waals surface area contributed by atoms with Gasteiger partial charge in [-0.25, -0.2) is 4.68 Å².